The van der Waals surface area contributed by atoms with E-state index < -0.39 is 0 Å². The van der Waals surface area contributed by atoms with Crippen LogP contribution in [0.3, 0.4) is 0 Å². The Morgan fingerprint density at radius 3 is 2.82 bits per heavy atom. The van der Waals surface area contributed by atoms with E-state index in [0.717, 1.165) is 24.4 Å². The molecule has 0 aliphatic carbocycles. The van der Waals surface area contributed by atoms with Gasteiger partial charge in [-0.3, -0.25) is 0 Å². The molecule has 2 rings (SSSR count). The minimum Gasteiger partial charge on any atom is -0.346 e. The molecule has 0 radical (unpaired) electrons. The Balaban J connectivity index is 2.33. The third kappa shape index (κ3) is 2.53. The van der Waals surface area contributed by atoms with Crippen LogP contribution in [0.1, 0.15) is 17.9 Å². The number of nitrogens with one attached hydrogen (secondary N) is 1. The van der Waals surface area contributed by atoms with Gasteiger partial charge in [0.05, 0.1) is 5.69 Å². The first kappa shape index (κ1) is 11.8. The lowest BCUT2D eigenvalue weighted by Crippen LogP contribution is -2.01. The minimum atomic E-state index is -0.243. The molecule has 0 fully saturated rings. The van der Waals surface area contributed by atoms with E-state index in [-0.39, 0.29) is 5.82 Å². The SMILES string of the molecule is Cc1[nH]c(CCCN)nc1-c1ccccc1F. The summed E-state index contributed by atoms with van der Waals surface area (Å²) in [6.07, 6.45) is 1.68. The summed E-state index contributed by atoms with van der Waals surface area (Å²) in [5.74, 6) is 0.624. The Labute approximate surface area is 99.9 Å². The van der Waals surface area contributed by atoms with Crippen LogP contribution in [0.2, 0.25) is 0 Å². The molecule has 1 aromatic carbocycles. The predicted molar refractivity (Wildman–Crippen MR) is 66.1 cm³/mol. The summed E-state index contributed by atoms with van der Waals surface area (Å²) >= 11 is 0. The van der Waals surface area contributed by atoms with Gasteiger partial charge in [0.25, 0.3) is 0 Å². The fraction of sp³-hybridized carbons (Fsp3) is 0.308. The standard InChI is InChI=1S/C13H16FN3/c1-9-13(10-5-2-3-6-11(10)14)17-12(16-9)7-4-8-15/h2-3,5-6H,4,7-8,15H2,1H3,(H,16,17). The number of H-pyrrole nitrogens is 1. The van der Waals surface area contributed by atoms with Gasteiger partial charge >= 0.3 is 0 Å². The zero-order valence-corrected chi connectivity index (χ0v) is 9.83. The molecule has 1 aromatic heterocycles. The van der Waals surface area contributed by atoms with Gasteiger partial charge in [0.1, 0.15) is 11.6 Å². The van der Waals surface area contributed by atoms with Crippen LogP contribution in [0.4, 0.5) is 4.39 Å². The Morgan fingerprint density at radius 1 is 1.35 bits per heavy atom. The van der Waals surface area contributed by atoms with E-state index in [1.54, 1.807) is 12.1 Å². The van der Waals surface area contributed by atoms with Crippen LogP contribution in [0.5, 0.6) is 0 Å². The number of rotatable bonds is 4. The van der Waals surface area contributed by atoms with E-state index in [1.165, 1.54) is 6.07 Å². The predicted octanol–water partition coefficient (Wildman–Crippen LogP) is 2.42. The molecule has 0 aliphatic rings. The van der Waals surface area contributed by atoms with E-state index in [9.17, 15) is 4.39 Å². The van der Waals surface area contributed by atoms with E-state index in [0.29, 0.717) is 17.8 Å². The molecule has 1 heterocycles. The van der Waals surface area contributed by atoms with Crippen molar-refractivity contribution in [2.24, 2.45) is 5.73 Å². The van der Waals surface area contributed by atoms with Crippen molar-refractivity contribution in [3.05, 3.63) is 41.6 Å². The van der Waals surface area contributed by atoms with E-state index in [1.807, 2.05) is 13.0 Å². The van der Waals surface area contributed by atoms with Crippen molar-refractivity contribution in [1.29, 1.82) is 0 Å². The van der Waals surface area contributed by atoms with Crippen LogP contribution in [0.15, 0.2) is 24.3 Å². The summed E-state index contributed by atoms with van der Waals surface area (Å²) in [7, 11) is 0. The lowest BCUT2D eigenvalue weighted by atomic mass is 10.1. The number of aromatic amines is 1. The van der Waals surface area contributed by atoms with Crippen LogP contribution in [-0.2, 0) is 6.42 Å². The second-order valence-electron chi connectivity index (χ2n) is 4.03. The van der Waals surface area contributed by atoms with Gasteiger partial charge in [-0.15, -0.1) is 0 Å². The Hall–Kier alpha value is -1.68. The largest absolute Gasteiger partial charge is 0.346 e. The highest BCUT2D eigenvalue weighted by atomic mass is 19.1. The Bertz CT molecular complexity index is 505. The van der Waals surface area contributed by atoms with Crippen molar-refractivity contribution in [3.8, 4) is 11.3 Å². The summed E-state index contributed by atoms with van der Waals surface area (Å²) < 4.78 is 13.6. The summed E-state index contributed by atoms with van der Waals surface area (Å²) in [6.45, 7) is 2.54. The number of nitrogens with two attached hydrogens (primary N) is 1. The molecular weight excluding hydrogens is 217 g/mol. The molecule has 0 atom stereocenters. The monoisotopic (exact) mass is 233 g/mol. The maximum atomic E-state index is 13.6. The molecule has 4 heteroatoms. The van der Waals surface area contributed by atoms with Gasteiger partial charge in [-0.25, -0.2) is 9.37 Å². The highest BCUT2D eigenvalue weighted by Gasteiger charge is 2.11. The summed E-state index contributed by atoms with van der Waals surface area (Å²) in [6, 6.07) is 6.68. The smallest absolute Gasteiger partial charge is 0.132 e. The van der Waals surface area contributed by atoms with Crippen LogP contribution in [0.25, 0.3) is 11.3 Å². The van der Waals surface area contributed by atoms with E-state index in [4.69, 9.17) is 5.73 Å². The lowest BCUT2D eigenvalue weighted by Gasteiger charge is -1.99. The summed E-state index contributed by atoms with van der Waals surface area (Å²) in [5.41, 5.74) is 7.58. The molecular formula is C13H16FN3. The van der Waals surface area contributed by atoms with Gasteiger partial charge in [0.15, 0.2) is 0 Å². The average Bonchev–Trinajstić information content (AvgIpc) is 2.68. The number of hydrogen-bond donors (Lipinski definition) is 2. The fourth-order valence-electron chi connectivity index (χ4n) is 1.83. The first-order chi connectivity index (χ1) is 8.22. The molecule has 2 aromatic rings. The van der Waals surface area contributed by atoms with Gasteiger partial charge in [-0.05, 0) is 32.0 Å². The van der Waals surface area contributed by atoms with Crippen molar-refractivity contribution in [1.82, 2.24) is 9.97 Å². The van der Waals surface area contributed by atoms with Crippen molar-refractivity contribution in [2.75, 3.05) is 6.54 Å². The zero-order chi connectivity index (χ0) is 12.3. The number of aryl methyl sites for hydroxylation is 2. The number of nitrogens with zero attached hydrogens (tertiary/aromatic N) is 1. The first-order valence-electron chi connectivity index (χ1n) is 5.73. The topological polar surface area (TPSA) is 54.7 Å². The van der Waals surface area contributed by atoms with E-state index in [2.05, 4.69) is 9.97 Å². The molecule has 0 saturated heterocycles. The number of halogens is 1. The highest BCUT2D eigenvalue weighted by molar-refractivity contribution is 5.62. The van der Waals surface area contributed by atoms with Gasteiger partial charge in [-0.1, -0.05) is 12.1 Å². The number of aromatic nitrogens is 2. The normalized spacial score (nSPS) is 10.8. The Morgan fingerprint density at radius 2 is 2.12 bits per heavy atom. The highest BCUT2D eigenvalue weighted by Crippen LogP contribution is 2.24. The second kappa shape index (κ2) is 5.10. The molecule has 0 bridgehead atoms. The van der Waals surface area contributed by atoms with Crippen LogP contribution >= 0.6 is 0 Å². The first-order valence-corrected chi connectivity index (χ1v) is 5.73. The maximum absolute atomic E-state index is 13.6. The molecule has 0 aliphatic heterocycles. The van der Waals surface area contributed by atoms with Crippen molar-refractivity contribution in [2.45, 2.75) is 19.8 Å². The maximum Gasteiger partial charge on any atom is 0.132 e. The molecule has 0 saturated carbocycles. The second-order valence-corrected chi connectivity index (χ2v) is 4.03. The Kier molecular flexibility index (Phi) is 3.54. The molecule has 90 valence electrons. The van der Waals surface area contributed by atoms with Crippen molar-refractivity contribution < 1.29 is 4.39 Å². The summed E-state index contributed by atoms with van der Waals surface area (Å²) in [4.78, 5) is 7.60. The molecule has 3 N–H and O–H groups in total. The minimum absolute atomic E-state index is 0.243. The van der Waals surface area contributed by atoms with Crippen LogP contribution < -0.4 is 5.73 Å². The summed E-state index contributed by atoms with van der Waals surface area (Å²) in [5, 5.41) is 0. The van der Waals surface area contributed by atoms with E-state index >= 15 is 0 Å². The fourth-order valence-corrected chi connectivity index (χ4v) is 1.83. The third-order valence-electron chi connectivity index (χ3n) is 2.68. The third-order valence-corrected chi connectivity index (χ3v) is 2.68. The van der Waals surface area contributed by atoms with Gasteiger partial charge in [0.2, 0.25) is 0 Å². The van der Waals surface area contributed by atoms with Crippen molar-refractivity contribution >= 4 is 0 Å². The van der Waals surface area contributed by atoms with Crippen molar-refractivity contribution in [3.63, 3.8) is 0 Å². The molecule has 3 nitrogen and oxygen atoms in total. The molecule has 0 spiro atoms. The van der Waals surface area contributed by atoms with Gasteiger partial charge in [-0.2, -0.15) is 0 Å². The molecule has 0 amide bonds. The molecule has 0 unspecified atom stereocenters. The molecule has 17 heavy (non-hydrogen) atoms. The van der Waals surface area contributed by atoms with Gasteiger partial charge in [0, 0.05) is 17.7 Å². The van der Waals surface area contributed by atoms with Gasteiger partial charge < -0.3 is 10.7 Å². The zero-order valence-electron chi connectivity index (χ0n) is 9.83. The average molecular weight is 233 g/mol. The quantitative estimate of drug-likeness (QED) is 0.852. The van der Waals surface area contributed by atoms with Crippen LogP contribution in [-0.4, -0.2) is 16.5 Å². The number of benzene rings is 1. The lowest BCUT2D eigenvalue weighted by molar-refractivity contribution is 0.630. The number of hydrogen-bond acceptors (Lipinski definition) is 2. The number of imidazole rings is 1. The van der Waals surface area contributed by atoms with Crippen LogP contribution in [0, 0.1) is 12.7 Å².